The zero-order chi connectivity index (χ0) is 13.2. The van der Waals surface area contributed by atoms with Crippen LogP contribution in [0.1, 0.15) is 38.7 Å². The minimum Gasteiger partial charge on any atom is -0.314 e. The first-order valence-corrected chi connectivity index (χ1v) is 8.37. The summed E-state index contributed by atoms with van der Waals surface area (Å²) in [5.41, 5.74) is 1.18. The molecule has 1 aromatic rings. The van der Waals surface area contributed by atoms with E-state index in [4.69, 9.17) is 0 Å². The normalized spacial score (nSPS) is 14.3. The molecule has 18 heavy (non-hydrogen) atoms. The van der Waals surface area contributed by atoms with Gasteiger partial charge in [-0.2, -0.15) is 0 Å². The molecule has 102 valence electrons. The van der Waals surface area contributed by atoms with E-state index in [0.29, 0.717) is 11.8 Å². The second-order valence-electron chi connectivity index (χ2n) is 4.58. The van der Waals surface area contributed by atoms with Crippen LogP contribution in [0.15, 0.2) is 30.3 Å². The molecule has 0 spiro atoms. The van der Waals surface area contributed by atoms with Gasteiger partial charge < -0.3 is 5.32 Å². The zero-order valence-electron chi connectivity index (χ0n) is 11.5. The third-order valence-electron chi connectivity index (χ3n) is 3.08. The average Bonchev–Trinajstić information content (AvgIpc) is 2.39. The Labute approximate surface area is 114 Å². The van der Waals surface area contributed by atoms with E-state index < -0.39 is 10.8 Å². The molecule has 0 heterocycles. The number of rotatable bonds is 9. The van der Waals surface area contributed by atoms with Crippen molar-refractivity contribution >= 4 is 10.8 Å². The van der Waals surface area contributed by atoms with Gasteiger partial charge in [0.25, 0.3) is 0 Å². The SMILES string of the molecule is CCNC(CC)CCCS(=O)Cc1ccccc1. The molecule has 2 nitrogen and oxygen atoms in total. The highest BCUT2D eigenvalue weighted by Gasteiger charge is 2.06. The lowest BCUT2D eigenvalue weighted by molar-refractivity contribution is 0.476. The van der Waals surface area contributed by atoms with Gasteiger partial charge in [0, 0.05) is 28.3 Å². The van der Waals surface area contributed by atoms with E-state index in [2.05, 4.69) is 19.2 Å². The van der Waals surface area contributed by atoms with E-state index in [0.717, 1.165) is 31.6 Å². The van der Waals surface area contributed by atoms with Gasteiger partial charge in [0.2, 0.25) is 0 Å². The highest BCUT2D eigenvalue weighted by atomic mass is 32.2. The van der Waals surface area contributed by atoms with Crippen LogP contribution in [0.25, 0.3) is 0 Å². The van der Waals surface area contributed by atoms with Crippen molar-refractivity contribution in [2.45, 2.75) is 44.9 Å². The number of benzene rings is 1. The summed E-state index contributed by atoms with van der Waals surface area (Å²) >= 11 is 0. The molecular formula is C15H25NOS. The van der Waals surface area contributed by atoms with Gasteiger partial charge in [-0.25, -0.2) is 0 Å². The minimum absolute atomic E-state index is 0.587. The maximum Gasteiger partial charge on any atom is 0.0485 e. The summed E-state index contributed by atoms with van der Waals surface area (Å²) in [5, 5.41) is 3.46. The number of nitrogens with one attached hydrogen (secondary N) is 1. The van der Waals surface area contributed by atoms with Crippen LogP contribution in [0.2, 0.25) is 0 Å². The van der Waals surface area contributed by atoms with Crippen LogP contribution in [0.3, 0.4) is 0 Å². The minimum atomic E-state index is -0.721. The van der Waals surface area contributed by atoms with Gasteiger partial charge in [0.15, 0.2) is 0 Å². The number of hydrogen-bond acceptors (Lipinski definition) is 2. The Kier molecular flexibility index (Phi) is 7.94. The quantitative estimate of drug-likeness (QED) is 0.745. The monoisotopic (exact) mass is 267 g/mol. The molecule has 0 fully saturated rings. The molecule has 0 amide bonds. The van der Waals surface area contributed by atoms with Crippen molar-refractivity contribution in [3.05, 3.63) is 35.9 Å². The molecule has 0 aliphatic heterocycles. The molecule has 0 saturated carbocycles. The topological polar surface area (TPSA) is 29.1 Å². The fourth-order valence-corrected chi connectivity index (χ4v) is 3.26. The van der Waals surface area contributed by atoms with Gasteiger partial charge in [-0.3, -0.25) is 4.21 Å². The third kappa shape index (κ3) is 6.31. The lowest BCUT2D eigenvalue weighted by Gasteiger charge is -2.15. The van der Waals surface area contributed by atoms with Gasteiger partial charge in [-0.1, -0.05) is 44.2 Å². The molecular weight excluding hydrogens is 242 g/mol. The molecule has 3 heteroatoms. The van der Waals surface area contributed by atoms with Crippen LogP contribution < -0.4 is 5.32 Å². The van der Waals surface area contributed by atoms with Gasteiger partial charge in [-0.15, -0.1) is 0 Å². The first-order chi connectivity index (χ1) is 8.76. The van der Waals surface area contributed by atoms with Gasteiger partial charge in [-0.05, 0) is 31.4 Å². The third-order valence-corrected chi connectivity index (χ3v) is 4.48. The summed E-state index contributed by atoms with van der Waals surface area (Å²) in [4.78, 5) is 0. The molecule has 2 atom stereocenters. The molecule has 1 rings (SSSR count). The Morgan fingerprint density at radius 2 is 1.94 bits per heavy atom. The van der Waals surface area contributed by atoms with E-state index in [1.165, 1.54) is 5.56 Å². The van der Waals surface area contributed by atoms with Crippen LogP contribution in [-0.2, 0) is 16.6 Å². The fraction of sp³-hybridized carbons (Fsp3) is 0.600. The highest BCUT2D eigenvalue weighted by Crippen LogP contribution is 2.07. The van der Waals surface area contributed by atoms with E-state index in [9.17, 15) is 4.21 Å². The molecule has 0 bridgehead atoms. The summed E-state index contributed by atoms with van der Waals surface area (Å²) in [6, 6.07) is 10.7. The zero-order valence-corrected chi connectivity index (χ0v) is 12.3. The standard InChI is InChI=1S/C15H25NOS/c1-3-15(16-4-2)11-8-12-18(17)13-14-9-6-5-7-10-14/h5-7,9-10,15-16H,3-4,8,11-13H2,1-2H3. The lowest BCUT2D eigenvalue weighted by Crippen LogP contribution is -2.28. The van der Waals surface area contributed by atoms with Crippen LogP contribution in [0, 0.1) is 0 Å². The number of hydrogen-bond donors (Lipinski definition) is 1. The average molecular weight is 267 g/mol. The van der Waals surface area contributed by atoms with E-state index in [1.54, 1.807) is 0 Å². The van der Waals surface area contributed by atoms with E-state index >= 15 is 0 Å². The Morgan fingerprint density at radius 3 is 2.56 bits per heavy atom. The summed E-state index contributed by atoms with van der Waals surface area (Å²) in [6.07, 6.45) is 3.33. The van der Waals surface area contributed by atoms with Crippen molar-refractivity contribution < 1.29 is 4.21 Å². The van der Waals surface area contributed by atoms with Crippen LogP contribution in [0.5, 0.6) is 0 Å². The molecule has 0 aliphatic carbocycles. The van der Waals surface area contributed by atoms with Gasteiger partial charge in [0.05, 0.1) is 0 Å². The second kappa shape index (κ2) is 9.29. The van der Waals surface area contributed by atoms with Crippen molar-refractivity contribution in [1.29, 1.82) is 0 Å². The van der Waals surface area contributed by atoms with Crippen molar-refractivity contribution in [1.82, 2.24) is 5.32 Å². The summed E-state index contributed by atoms with van der Waals surface area (Å²) in [6.45, 7) is 5.36. The van der Waals surface area contributed by atoms with E-state index in [-0.39, 0.29) is 0 Å². The Balaban J connectivity index is 2.21. The molecule has 1 aromatic carbocycles. The largest absolute Gasteiger partial charge is 0.314 e. The van der Waals surface area contributed by atoms with Crippen LogP contribution in [-0.4, -0.2) is 22.5 Å². The molecule has 2 unspecified atom stereocenters. The first-order valence-electron chi connectivity index (χ1n) is 6.88. The predicted molar refractivity (Wildman–Crippen MR) is 80.1 cm³/mol. The summed E-state index contributed by atoms with van der Waals surface area (Å²) < 4.78 is 11.9. The van der Waals surface area contributed by atoms with Crippen molar-refractivity contribution in [2.24, 2.45) is 0 Å². The maximum atomic E-state index is 11.9. The second-order valence-corrected chi connectivity index (χ2v) is 6.16. The maximum absolute atomic E-state index is 11.9. The molecule has 0 aliphatic rings. The van der Waals surface area contributed by atoms with Crippen molar-refractivity contribution in [3.63, 3.8) is 0 Å². The molecule has 0 aromatic heterocycles. The van der Waals surface area contributed by atoms with Crippen LogP contribution >= 0.6 is 0 Å². The smallest absolute Gasteiger partial charge is 0.0485 e. The van der Waals surface area contributed by atoms with Crippen LogP contribution in [0.4, 0.5) is 0 Å². The van der Waals surface area contributed by atoms with Gasteiger partial charge in [0.1, 0.15) is 0 Å². The Bertz CT molecular complexity index is 340. The summed E-state index contributed by atoms with van der Waals surface area (Å²) in [5.74, 6) is 1.51. The fourth-order valence-electron chi connectivity index (χ4n) is 2.06. The predicted octanol–water partition coefficient (Wildman–Crippen LogP) is 3.10. The first kappa shape index (κ1) is 15.4. The lowest BCUT2D eigenvalue weighted by atomic mass is 10.1. The Morgan fingerprint density at radius 1 is 1.22 bits per heavy atom. The molecule has 1 N–H and O–H groups in total. The summed E-state index contributed by atoms with van der Waals surface area (Å²) in [7, 11) is -0.721. The Hall–Kier alpha value is -0.670. The molecule has 0 saturated heterocycles. The van der Waals surface area contributed by atoms with Crippen molar-refractivity contribution in [3.8, 4) is 0 Å². The van der Waals surface area contributed by atoms with Crippen molar-refractivity contribution in [2.75, 3.05) is 12.3 Å². The van der Waals surface area contributed by atoms with E-state index in [1.807, 2.05) is 30.3 Å². The highest BCUT2D eigenvalue weighted by molar-refractivity contribution is 7.84. The molecule has 0 radical (unpaired) electrons. The van der Waals surface area contributed by atoms with Gasteiger partial charge >= 0.3 is 0 Å².